The summed E-state index contributed by atoms with van der Waals surface area (Å²) in [6.45, 7) is 2.62. The first-order valence-electron chi connectivity index (χ1n) is 6.88. The van der Waals surface area contributed by atoms with Crippen molar-refractivity contribution in [2.24, 2.45) is 0 Å². The monoisotopic (exact) mass is 306 g/mol. The Hall–Kier alpha value is -2.71. The number of nitrogens with zero attached hydrogens (tertiary/aromatic N) is 3. The van der Waals surface area contributed by atoms with Crippen molar-refractivity contribution in [2.75, 3.05) is 5.32 Å². The van der Waals surface area contributed by atoms with Gasteiger partial charge in [0.05, 0.1) is 17.8 Å². The van der Waals surface area contributed by atoms with Gasteiger partial charge in [0.2, 0.25) is 0 Å². The Morgan fingerprint density at radius 2 is 2.00 bits per heavy atom. The van der Waals surface area contributed by atoms with Crippen LogP contribution in [-0.2, 0) is 6.54 Å². The lowest BCUT2D eigenvalue weighted by atomic mass is 10.2. The van der Waals surface area contributed by atoms with Crippen molar-refractivity contribution >= 4 is 17.2 Å². The number of hydrogen-bond acceptors (Lipinski definition) is 5. The molecule has 0 aliphatic carbocycles. The lowest BCUT2D eigenvalue weighted by Gasteiger charge is -2.05. The Kier molecular flexibility index (Phi) is 4.12. The maximum atomic E-state index is 9.08. The van der Waals surface area contributed by atoms with Crippen LogP contribution in [0.1, 0.15) is 16.1 Å². The van der Waals surface area contributed by atoms with Crippen LogP contribution in [0.2, 0.25) is 0 Å². The van der Waals surface area contributed by atoms with E-state index in [0.29, 0.717) is 17.9 Å². The minimum absolute atomic E-state index is 0.549. The molecule has 0 amide bonds. The van der Waals surface area contributed by atoms with Gasteiger partial charge < -0.3 is 5.32 Å². The summed E-state index contributed by atoms with van der Waals surface area (Å²) >= 11 is 1.66. The topological polar surface area (TPSA) is 61.6 Å². The molecule has 0 spiro atoms. The van der Waals surface area contributed by atoms with Crippen molar-refractivity contribution in [1.29, 1.82) is 5.26 Å². The summed E-state index contributed by atoms with van der Waals surface area (Å²) in [6.07, 6.45) is 1.68. The van der Waals surface area contributed by atoms with Gasteiger partial charge >= 0.3 is 0 Å². The van der Waals surface area contributed by atoms with E-state index < -0.39 is 0 Å². The molecule has 2 aromatic heterocycles. The number of rotatable bonds is 4. The number of nitrogens with one attached hydrogen (secondary N) is 1. The SMILES string of the molecule is Cc1nc(-c2ccccc2)sc1CNc1ncccc1C#N. The van der Waals surface area contributed by atoms with Gasteiger partial charge in [-0.3, -0.25) is 0 Å². The first-order valence-corrected chi connectivity index (χ1v) is 7.70. The van der Waals surface area contributed by atoms with Gasteiger partial charge in [-0.15, -0.1) is 11.3 Å². The quantitative estimate of drug-likeness (QED) is 0.791. The van der Waals surface area contributed by atoms with Crippen molar-refractivity contribution in [3.05, 3.63) is 64.8 Å². The van der Waals surface area contributed by atoms with Crippen LogP contribution in [-0.4, -0.2) is 9.97 Å². The molecule has 0 aliphatic rings. The van der Waals surface area contributed by atoms with E-state index in [1.807, 2.05) is 25.1 Å². The second-order valence-electron chi connectivity index (χ2n) is 4.76. The number of thiazole rings is 1. The average Bonchev–Trinajstić information content (AvgIpc) is 2.95. The maximum absolute atomic E-state index is 9.08. The van der Waals surface area contributed by atoms with E-state index in [4.69, 9.17) is 5.26 Å². The van der Waals surface area contributed by atoms with E-state index in [0.717, 1.165) is 21.1 Å². The van der Waals surface area contributed by atoms with Crippen LogP contribution in [0.5, 0.6) is 0 Å². The van der Waals surface area contributed by atoms with Crippen molar-refractivity contribution in [3.8, 4) is 16.6 Å². The molecule has 0 aliphatic heterocycles. The Balaban J connectivity index is 1.79. The molecule has 1 N–H and O–H groups in total. The molecule has 2 heterocycles. The second kappa shape index (κ2) is 6.37. The number of aryl methyl sites for hydroxylation is 1. The van der Waals surface area contributed by atoms with Gasteiger partial charge in [-0.2, -0.15) is 5.26 Å². The molecule has 22 heavy (non-hydrogen) atoms. The normalized spacial score (nSPS) is 10.2. The number of hydrogen-bond donors (Lipinski definition) is 1. The van der Waals surface area contributed by atoms with Crippen LogP contribution in [0.4, 0.5) is 5.82 Å². The Bertz CT molecular complexity index is 818. The van der Waals surface area contributed by atoms with Gasteiger partial charge in [-0.25, -0.2) is 9.97 Å². The zero-order chi connectivity index (χ0) is 15.4. The molecule has 5 heteroatoms. The zero-order valence-corrected chi connectivity index (χ0v) is 12.9. The van der Waals surface area contributed by atoms with E-state index in [9.17, 15) is 0 Å². The number of aromatic nitrogens is 2. The Morgan fingerprint density at radius 1 is 1.18 bits per heavy atom. The fourth-order valence-electron chi connectivity index (χ4n) is 2.10. The van der Waals surface area contributed by atoms with Crippen LogP contribution >= 0.6 is 11.3 Å². The molecule has 0 fully saturated rings. The van der Waals surface area contributed by atoms with Crippen molar-refractivity contribution in [2.45, 2.75) is 13.5 Å². The van der Waals surface area contributed by atoms with E-state index in [2.05, 4.69) is 33.5 Å². The van der Waals surface area contributed by atoms with Crippen molar-refractivity contribution in [3.63, 3.8) is 0 Å². The predicted molar refractivity (Wildman–Crippen MR) is 88.6 cm³/mol. The minimum atomic E-state index is 0.549. The van der Waals surface area contributed by atoms with Gasteiger partial charge in [0.25, 0.3) is 0 Å². The Labute approximate surface area is 133 Å². The summed E-state index contributed by atoms with van der Waals surface area (Å²) in [7, 11) is 0. The molecule has 3 rings (SSSR count). The molecule has 0 radical (unpaired) electrons. The van der Waals surface area contributed by atoms with Gasteiger partial charge in [0.1, 0.15) is 16.9 Å². The molecule has 4 nitrogen and oxygen atoms in total. The fraction of sp³-hybridized carbons (Fsp3) is 0.118. The van der Waals surface area contributed by atoms with E-state index in [1.54, 1.807) is 29.7 Å². The number of nitriles is 1. The summed E-state index contributed by atoms with van der Waals surface area (Å²) in [5.74, 6) is 0.610. The zero-order valence-electron chi connectivity index (χ0n) is 12.1. The average molecular weight is 306 g/mol. The first kappa shape index (κ1) is 14.2. The molecule has 0 bridgehead atoms. The predicted octanol–water partition coefficient (Wildman–Crippen LogP) is 4.00. The third-order valence-electron chi connectivity index (χ3n) is 3.26. The van der Waals surface area contributed by atoms with Gasteiger partial charge in [0, 0.05) is 16.6 Å². The van der Waals surface area contributed by atoms with Crippen LogP contribution in [0.15, 0.2) is 48.7 Å². The Morgan fingerprint density at radius 3 is 2.77 bits per heavy atom. The lowest BCUT2D eigenvalue weighted by Crippen LogP contribution is -2.02. The molecular formula is C17H14N4S. The molecule has 0 saturated heterocycles. The van der Waals surface area contributed by atoms with E-state index in [-0.39, 0.29) is 0 Å². The molecule has 0 unspecified atom stereocenters. The number of pyridine rings is 1. The molecule has 108 valence electrons. The largest absolute Gasteiger partial charge is 0.364 e. The van der Waals surface area contributed by atoms with Gasteiger partial charge in [-0.1, -0.05) is 30.3 Å². The molecule has 0 saturated carbocycles. The van der Waals surface area contributed by atoms with Crippen LogP contribution < -0.4 is 5.32 Å². The molecule has 1 aromatic carbocycles. The third kappa shape index (κ3) is 2.97. The molecular weight excluding hydrogens is 292 g/mol. The highest BCUT2D eigenvalue weighted by atomic mass is 32.1. The third-order valence-corrected chi connectivity index (χ3v) is 4.46. The highest BCUT2D eigenvalue weighted by Crippen LogP contribution is 2.28. The molecule has 0 atom stereocenters. The summed E-state index contributed by atoms with van der Waals surface area (Å²) in [4.78, 5) is 9.99. The summed E-state index contributed by atoms with van der Waals surface area (Å²) in [5, 5.41) is 13.3. The van der Waals surface area contributed by atoms with E-state index in [1.165, 1.54) is 0 Å². The maximum Gasteiger partial charge on any atom is 0.144 e. The molecule has 3 aromatic rings. The highest BCUT2D eigenvalue weighted by Gasteiger charge is 2.10. The highest BCUT2D eigenvalue weighted by molar-refractivity contribution is 7.15. The van der Waals surface area contributed by atoms with Crippen molar-refractivity contribution < 1.29 is 0 Å². The smallest absolute Gasteiger partial charge is 0.144 e. The lowest BCUT2D eigenvalue weighted by molar-refractivity contribution is 1.09. The van der Waals surface area contributed by atoms with Gasteiger partial charge in [0.15, 0.2) is 0 Å². The second-order valence-corrected chi connectivity index (χ2v) is 5.84. The van der Waals surface area contributed by atoms with Crippen molar-refractivity contribution in [1.82, 2.24) is 9.97 Å². The minimum Gasteiger partial charge on any atom is -0.364 e. The summed E-state index contributed by atoms with van der Waals surface area (Å²) in [5.41, 5.74) is 2.68. The van der Waals surface area contributed by atoms with Crippen LogP contribution in [0.3, 0.4) is 0 Å². The first-order chi connectivity index (χ1) is 10.8. The van der Waals surface area contributed by atoms with Crippen LogP contribution in [0.25, 0.3) is 10.6 Å². The van der Waals surface area contributed by atoms with E-state index >= 15 is 0 Å². The number of anilines is 1. The number of benzene rings is 1. The standard InChI is InChI=1S/C17H14N4S/c1-12-15(11-20-16-14(10-18)8-5-9-19-16)22-17(21-12)13-6-3-2-4-7-13/h2-9H,11H2,1H3,(H,19,20). The van der Waals surface area contributed by atoms with Gasteiger partial charge in [-0.05, 0) is 19.1 Å². The fourth-order valence-corrected chi connectivity index (χ4v) is 3.10. The summed E-state index contributed by atoms with van der Waals surface area (Å²) < 4.78 is 0. The summed E-state index contributed by atoms with van der Waals surface area (Å²) in [6, 6.07) is 15.8. The van der Waals surface area contributed by atoms with Crippen LogP contribution in [0, 0.1) is 18.3 Å².